The number of nitrogens with zero attached hydrogens (tertiary/aromatic N) is 2. The second-order valence-corrected chi connectivity index (χ2v) is 8.31. The van der Waals surface area contributed by atoms with E-state index in [4.69, 9.17) is 4.74 Å². The zero-order valence-corrected chi connectivity index (χ0v) is 16.9. The quantitative estimate of drug-likeness (QED) is 0.742. The number of halogens is 1. The number of hydrogen-bond acceptors (Lipinski definition) is 7. The highest BCUT2D eigenvalue weighted by molar-refractivity contribution is 7.81. The number of benzene rings is 1. The Morgan fingerprint density at radius 1 is 1.14 bits per heavy atom. The van der Waals surface area contributed by atoms with Gasteiger partial charge in [0.25, 0.3) is 0 Å². The molecule has 1 fully saturated rings. The molecule has 1 aliphatic rings. The SMILES string of the molecule is Cc1c(OS(=O)(=O)F)cc(C(=O)O)cc1N1CCN(C(=O)OC(C)(C)C)CC1. The second kappa shape index (κ2) is 7.82. The third kappa shape index (κ3) is 5.72. The van der Waals surface area contributed by atoms with Gasteiger partial charge in [-0.05, 0) is 39.8 Å². The minimum Gasteiger partial charge on any atom is -0.478 e. The van der Waals surface area contributed by atoms with Gasteiger partial charge in [-0.3, -0.25) is 0 Å². The third-order valence-electron chi connectivity index (χ3n) is 4.04. The molecule has 1 aromatic carbocycles. The number of piperazine rings is 1. The molecule has 0 atom stereocenters. The summed E-state index contributed by atoms with van der Waals surface area (Å²) in [6.45, 7) is 8.15. The van der Waals surface area contributed by atoms with Crippen LogP contribution >= 0.6 is 0 Å². The Labute approximate surface area is 163 Å². The van der Waals surface area contributed by atoms with Crippen molar-refractivity contribution in [2.24, 2.45) is 0 Å². The van der Waals surface area contributed by atoms with Gasteiger partial charge in [0, 0.05) is 37.4 Å². The molecule has 1 N–H and O–H groups in total. The predicted molar refractivity (Wildman–Crippen MR) is 98.8 cm³/mol. The average Bonchev–Trinajstić information content (AvgIpc) is 2.54. The fraction of sp³-hybridized carbons (Fsp3) is 0.529. The van der Waals surface area contributed by atoms with E-state index < -0.39 is 33.9 Å². The highest BCUT2D eigenvalue weighted by Crippen LogP contribution is 2.32. The Balaban J connectivity index is 2.24. The largest absolute Gasteiger partial charge is 0.488 e. The molecule has 1 aromatic rings. The Kier molecular flexibility index (Phi) is 6.07. The fourth-order valence-electron chi connectivity index (χ4n) is 2.78. The molecule has 0 bridgehead atoms. The topological polar surface area (TPSA) is 113 Å². The monoisotopic (exact) mass is 418 g/mol. The number of amides is 1. The average molecular weight is 418 g/mol. The summed E-state index contributed by atoms with van der Waals surface area (Å²) in [6.07, 6.45) is -0.448. The molecule has 28 heavy (non-hydrogen) atoms. The molecule has 0 spiro atoms. The molecule has 0 unspecified atom stereocenters. The van der Waals surface area contributed by atoms with Gasteiger partial charge in [-0.2, -0.15) is 8.42 Å². The van der Waals surface area contributed by atoms with E-state index >= 15 is 0 Å². The maximum Gasteiger partial charge on any atom is 0.488 e. The first kappa shape index (κ1) is 21.7. The van der Waals surface area contributed by atoms with E-state index in [2.05, 4.69) is 4.18 Å². The molecular weight excluding hydrogens is 395 g/mol. The van der Waals surface area contributed by atoms with Crippen LogP contribution in [0.15, 0.2) is 12.1 Å². The van der Waals surface area contributed by atoms with Crippen molar-refractivity contribution in [2.75, 3.05) is 31.1 Å². The van der Waals surface area contributed by atoms with Crippen LogP contribution in [0.3, 0.4) is 0 Å². The number of anilines is 1. The highest BCUT2D eigenvalue weighted by atomic mass is 32.3. The molecule has 1 amide bonds. The smallest absolute Gasteiger partial charge is 0.478 e. The Hall–Kier alpha value is -2.56. The van der Waals surface area contributed by atoms with Crippen LogP contribution in [0.25, 0.3) is 0 Å². The summed E-state index contributed by atoms with van der Waals surface area (Å²) in [7, 11) is -5.31. The van der Waals surface area contributed by atoms with Gasteiger partial charge in [-0.25, -0.2) is 9.59 Å². The van der Waals surface area contributed by atoms with Crippen LogP contribution in [0.4, 0.5) is 14.4 Å². The highest BCUT2D eigenvalue weighted by Gasteiger charge is 2.28. The van der Waals surface area contributed by atoms with Gasteiger partial charge in [0.05, 0.1) is 5.56 Å². The molecule has 0 saturated carbocycles. The summed E-state index contributed by atoms with van der Waals surface area (Å²) in [6, 6.07) is 2.31. The van der Waals surface area contributed by atoms with E-state index in [0.29, 0.717) is 31.9 Å². The standard InChI is InChI=1S/C17H23FN2O7S/c1-11-13(9-12(15(21)22)10-14(11)27-28(18,24)25)19-5-7-20(8-6-19)16(23)26-17(2,3)4/h9-10H,5-8H2,1-4H3,(H,21,22). The number of carboxylic acid groups (broad SMARTS) is 1. The number of rotatable bonds is 4. The molecule has 0 radical (unpaired) electrons. The first-order chi connectivity index (χ1) is 12.8. The van der Waals surface area contributed by atoms with Gasteiger partial charge in [-0.15, -0.1) is 0 Å². The van der Waals surface area contributed by atoms with E-state index in [1.165, 1.54) is 17.9 Å². The molecule has 1 heterocycles. The van der Waals surface area contributed by atoms with Crippen molar-refractivity contribution >= 4 is 28.3 Å². The van der Waals surface area contributed by atoms with Crippen molar-refractivity contribution in [3.05, 3.63) is 23.3 Å². The molecule has 9 nitrogen and oxygen atoms in total. The van der Waals surface area contributed by atoms with Crippen LogP contribution < -0.4 is 9.08 Å². The van der Waals surface area contributed by atoms with Crippen LogP contribution in [0.5, 0.6) is 5.75 Å². The van der Waals surface area contributed by atoms with Crippen molar-refractivity contribution in [1.29, 1.82) is 0 Å². The summed E-state index contributed by atoms with van der Waals surface area (Å²) < 4.78 is 44.3. The van der Waals surface area contributed by atoms with Crippen LogP contribution in [-0.4, -0.2) is 62.3 Å². The lowest BCUT2D eigenvalue weighted by molar-refractivity contribution is 0.0240. The molecule has 1 saturated heterocycles. The number of hydrogen-bond donors (Lipinski definition) is 1. The predicted octanol–water partition coefficient (Wildman–Crippen LogP) is 2.34. The number of ether oxygens (including phenoxy) is 1. The molecule has 2 rings (SSSR count). The van der Waals surface area contributed by atoms with E-state index in [1.807, 2.05) is 0 Å². The lowest BCUT2D eigenvalue weighted by Gasteiger charge is -2.37. The normalized spacial score (nSPS) is 15.3. The zero-order chi connectivity index (χ0) is 21.3. The van der Waals surface area contributed by atoms with Crippen LogP contribution in [-0.2, 0) is 15.2 Å². The molecular formula is C17H23FN2O7S. The third-order valence-corrected chi connectivity index (χ3v) is 4.42. The van der Waals surface area contributed by atoms with Crippen molar-refractivity contribution in [1.82, 2.24) is 4.90 Å². The van der Waals surface area contributed by atoms with Gasteiger partial charge in [0.2, 0.25) is 0 Å². The molecule has 0 aliphatic carbocycles. The number of carbonyl (C=O) groups excluding carboxylic acids is 1. The van der Waals surface area contributed by atoms with Crippen LogP contribution in [0.2, 0.25) is 0 Å². The summed E-state index contributed by atoms with van der Waals surface area (Å²) in [4.78, 5) is 26.8. The van der Waals surface area contributed by atoms with Crippen molar-refractivity contribution < 1.29 is 35.9 Å². The number of aromatic carboxylic acids is 1. The first-order valence-corrected chi connectivity index (χ1v) is 9.82. The Morgan fingerprint density at radius 2 is 1.71 bits per heavy atom. The molecule has 0 aromatic heterocycles. The van der Waals surface area contributed by atoms with Crippen molar-refractivity contribution in [2.45, 2.75) is 33.3 Å². The molecule has 156 valence electrons. The van der Waals surface area contributed by atoms with E-state index in [0.717, 1.165) is 6.07 Å². The lowest BCUT2D eigenvalue weighted by Crippen LogP contribution is -2.50. The minimum absolute atomic E-state index is 0.242. The van der Waals surface area contributed by atoms with E-state index in [9.17, 15) is 27.0 Å². The summed E-state index contributed by atoms with van der Waals surface area (Å²) in [5.41, 5.74) is -0.196. The summed E-state index contributed by atoms with van der Waals surface area (Å²) >= 11 is 0. The fourth-order valence-corrected chi connectivity index (χ4v) is 3.16. The van der Waals surface area contributed by atoms with E-state index in [1.54, 1.807) is 25.7 Å². The minimum atomic E-state index is -5.31. The maximum atomic E-state index is 13.0. The molecule has 1 aliphatic heterocycles. The summed E-state index contributed by atoms with van der Waals surface area (Å²) in [5, 5.41) is 9.26. The maximum absolute atomic E-state index is 13.0. The van der Waals surface area contributed by atoms with Gasteiger partial charge < -0.3 is 23.8 Å². The second-order valence-electron chi connectivity index (χ2n) is 7.35. The van der Waals surface area contributed by atoms with Crippen molar-refractivity contribution in [3.8, 4) is 5.75 Å². The number of carbonyl (C=O) groups is 2. The Bertz CT molecular complexity index is 872. The van der Waals surface area contributed by atoms with E-state index in [-0.39, 0.29) is 11.1 Å². The Morgan fingerprint density at radius 3 is 2.18 bits per heavy atom. The lowest BCUT2D eigenvalue weighted by atomic mass is 10.1. The molecule has 11 heteroatoms. The number of carboxylic acids is 1. The summed E-state index contributed by atoms with van der Waals surface area (Å²) in [5.74, 6) is -1.71. The van der Waals surface area contributed by atoms with Crippen molar-refractivity contribution in [3.63, 3.8) is 0 Å². The van der Waals surface area contributed by atoms with Gasteiger partial charge >= 0.3 is 22.6 Å². The van der Waals surface area contributed by atoms with Gasteiger partial charge in [0.1, 0.15) is 5.60 Å². The van der Waals surface area contributed by atoms with Crippen LogP contribution in [0, 0.1) is 6.92 Å². The van der Waals surface area contributed by atoms with Crippen LogP contribution in [0.1, 0.15) is 36.7 Å². The van der Waals surface area contributed by atoms with Gasteiger partial charge in [0.15, 0.2) is 5.75 Å². The zero-order valence-electron chi connectivity index (χ0n) is 16.1. The van der Waals surface area contributed by atoms with Gasteiger partial charge in [-0.1, -0.05) is 3.89 Å². The first-order valence-electron chi connectivity index (χ1n) is 8.52.